The first-order valence-corrected chi connectivity index (χ1v) is 6.84. The van der Waals surface area contributed by atoms with E-state index in [1.807, 2.05) is 69.7 Å². The summed E-state index contributed by atoms with van der Waals surface area (Å²) in [4.78, 5) is 0. The van der Waals surface area contributed by atoms with Gasteiger partial charge in [-0.3, -0.25) is 0 Å². The summed E-state index contributed by atoms with van der Waals surface area (Å²) < 4.78 is 3.96. The maximum atomic E-state index is 9.34. The van der Waals surface area contributed by atoms with Crippen LogP contribution < -0.4 is 0 Å². The van der Waals surface area contributed by atoms with Crippen LogP contribution in [0.2, 0.25) is 0 Å². The normalized spacial score (nSPS) is 10.6. The van der Waals surface area contributed by atoms with Crippen LogP contribution in [0, 0.1) is 22.7 Å². The average molecular weight is 282 g/mol. The van der Waals surface area contributed by atoms with Gasteiger partial charge in [0, 0.05) is 12.4 Å². The van der Waals surface area contributed by atoms with E-state index >= 15 is 0 Å². The van der Waals surface area contributed by atoms with E-state index in [-0.39, 0.29) is 0 Å². The van der Waals surface area contributed by atoms with E-state index in [9.17, 15) is 10.5 Å². The Morgan fingerprint density at radius 1 is 0.682 bits per heavy atom. The van der Waals surface area contributed by atoms with Gasteiger partial charge in [0.2, 0.25) is 0 Å². The largest absolute Gasteiger partial charge is 0.314 e. The van der Waals surface area contributed by atoms with Crippen LogP contribution in [-0.2, 0) is 0 Å². The summed E-state index contributed by atoms with van der Waals surface area (Å²) in [7, 11) is 0. The van der Waals surface area contributed by atoms with E-state index in [0.717, 1.165) is 22.4 Å². The number of nitrogens with zero attached hydrogens (tertiary/aromatic N) is 4. The molecule has 102 valence electrons. The Balaban J connectivity index is 2.14. The first-order valence-electron chi connectivity index (χ1n) is 6.84. The molecule has 0 unspecified atom stereocenters. The molecule has 0 aliphatic rings. The Bertz CT molecular complexity index is 1010. The summed E-state index contributed by atoms with van der Waals surface area (Å²) in [5.74, 6) is 0. The summed E-state index contributed by atoms with van der Waals surface area (Å²) in [6.45, 7) is 0. The van der Waals surface area contributed by atoms with Gasteiger partial charge in [0.05, 0.1) is 33.5 Å². The second kappa shape index (κ2) is 4.51. The molecule has 0 fully saturated rings. The van der Waals surface area contributed by atoms with E-state index in [2.05, 4.69) is 12.1 Å². The Kier molecular flexibility index (Phi) is 2.51. The van der Waals surface area contributed by atoms with Crippen molar-refractivity contribution in [3.8, 4) is 23.5 Å². The highest BCUT2D eigenvalue weighted by atomic mass is 15.0. The topological polar surface area (TPSA) is 56.4 Å². The van der Waals surface area contributed by atoms with Crippen molar-refractivity contribution in [3.05, 3.63) is 72.1 Å². The maximum Gasteiger partial charge on any atom is 0.101 e. The van der Waals surface area contributed by atoms with Gasteiger partial charge < -0.3 is 8.80 Å². The van der Waals surface area contributed by atoms with Crippen LogP contribution in [0.4, 0.5) is 0 Å². The van der Waals surface area contributed by atoms with Gasteiger partial charge >= 0.3 is 0 Å². The summed E-state index contributed by atoms with van der Waals surface area (Å²) in [5, 5.41) is 18.7. The zero-order valence-electron chi connectivity index (χ0n) is 11.6. The Morgan fingerprint density at radius 2 is 1.14 bits per heavy atom. The maximum absolute atomic E-state index is 9.34. The number of pyridine rings is 2. The molecule has 0 spiro atoms. The SMILES string of the molecule is N#Cc1cc(-c2cc(C#N)c3ccccn23)n2ccccc12. The third kappa shape index (κ3) is 1.55. The molecule has 4 nitrogen and oxygen atoms in total. The van der Waals surface area contributed by atoms with Crippen LogP contribution in [0.3, 0.4) is 0 Å². The van der Waals surface area contributed by atoms with Crippen molar-refractivity contribution in [3.63, 3.8) is 0 Å². The van der Waals surface area contributed by atoms with Gasteiger partial charge in [-0.2, -0.15) is 10.5 Å². The molecule has 4 rings (SSSR count). The van der Waals surface area contributed by atoms with Gasteiger partial charge in [0.25, 0.3) is 0 Å². The molecule has 0 saturated carbocycles. The molecule has 0 saturated heterocycles. The highest BCUT2D eigenvalue weighted by molar-refractivity contribution is 5.78. The minimum Gasteiger partial charge on any atom is -0.314 e. The van der Waals surface area contributed by atoms with Crippen molar-refractivity contribution in [1.82, 2.24) is 8.80 Å². The molecular weight excluding hydrogens is 272 g/mol. The third-order valence-electron chi connectivity index (χ3n) is 3.86. The molecule has 22 heavy (non-hydrogen) atoms. The van der Waals surface area contributed by atoms with Crippen LogP contribution in [0.5, 0.6) is 0 Å². The first-order chi connectivity index (χ1) is 10.8. The Hall–Kier alpha value is -3.50. The van der Waals surface area contributed by atoms with Gasteiger partial charge in [-0.15, -0.1) is 0 Å². The van der Waals surface area contributed by atoms with E-state index in [0.29, 0.717) is 11.1 Å². The van der Waals surface area contributed by atoms with Gasteiger partial charge in [0.15, 0.2) is 0 Å². The van der Waals surface area contributed by atoms with Crippen molar-refractivity contribution in [2.24, 2.45) is 0 Å². The molecule has 0 amide bonds. The lowest BCUT2D eigenvalue weighted by Crippen LogP contribution is -1.91. The molecule has 0 radical (unpaired) electrons. The summed E-state index contributed by atoms with van der Waals surface area (Å²) in [6.07, 6.45) is 3.86. The molecule has 0 atom stereocenters. The monoisotopic (exact) mass is 282 g/mol. The smallest absolute Gasteiger partial charge is 0.101 e. The van der Waals surface area contributed by atoms with Crippen molar-refractivity contribution in [1.29, 1.82) is 10.5 Å². The molecule has 4 aromatic rings. The van der Waals surface area contributed by atoms with Crippen LogP contribution in [-0.4, -0.2) is 8.80 Å². The lowest BCUT2D eigenvalue weighted by Gasteiger charge is -2.03. The van der Waals surface area contributed by atoms with E-state index in [1.54, 1.807) is 0 Å². The third-order valence-corrected chi connectivity index (χ3v) is 3.86. The zero-order valence-corrected chi connectivity index (χ0v) is 11.6. The predicted octanol–water partition coefficient (Wildman–Crippen LogP) is 3.60. The molecular formula is C18H10N4. The minimum atomic E-state index is 0.625. The standard InChI is InChI=1S/C18H10N4/c19-11-13-9-17(21-7-3-1-5-15(13)21)18-10-14(12-20)16-6-2-4-8-22(16)18/h1-10H. The zero-order chi connectivity index (χ0) is 15.1. The van der Waals surface area contributed by atoms with Gasteiger partial charge in [0.1, 0.15) is 12.1 Å². The number of nitriles is 2. The fraction of sp³-hybridized carbons (Fsp3) is 0. The number of hydrogen-bond acceptors (Lipinski definition) is 2. The molecule has 0 aromatic carbocycles. The van der Waals surface area contributed by atoms with Crippen molar-refractivity contribution in [2.45, 2.75) is 0 Å². The lowest BCUT2D eigenvalue weighted by atomic mass is 10.2. The number of hydrogen-bond donors (Lipinski definition) is 0. The molecule has 0 N–H and O–H groups in total. The number of aromatic nitrogens is 2. The molecule has 0 bridgehead atoms. The summed E-state index contributed by atoms with van der Waals surface area (Å²) in [5.41, 5.74) is 4.78. The lowest BCUT2D eigenvalue weighted by molar-refractivity contribution is 1.14. The molecule has 4 heteroatoms. The van der Waals surface area contributed by atoms with Crippen LogP contribution in [0.25, 0.3) is 22.4 Å². The molecule has 4 aromatic heterocycles. The highest BCUT2D eigenvalue weighted by Gasteiger charge is 2.15. The summed E-state index contributed by atoms with van der Waals surface area (Å²) in [6, 6.07) is 19.7. The summed E-state index contributed by atoms with van der Waals surface area (Å²) >= 11 is 0. The van der Waals surface area contributed by atoms with Crippen LogP contribution >= 0.6 is 0 Å². The van der Waals surface area contributed by atoms with E-state index < -0.39 is 0 Å². The van der Waals surface area contributed by atoms with Crippen molar-refractivity contribution < 1.29 is 0 Å². The molecule has 0 aliphatic carbocycles. The van der Waals surface area contributed by atoms with Gasteiger partial charge in [-0.05, 0) is 36.4 Å². The number of rotatable bonds is 1. The van der Waals surface area contributed by atoms with Gasteiger partial charge in [-0.25, -0.2) is 0 Å². The molecule has 0 aliphatic heterocycles. The van der Waals surface area contributed by atoms with Crippen molar-refractivity contribution in [2.75, 3.05) is 0 Å². The second-order valence-electron chi connectivity index (χ2n) is 5.02. The fourth-order valence-corrected chi connectivity index (χ4v) is 2.88. The fourth-order valence-electron chi connectivity index (χ4n) is 2.88. The molecule has 4 heterocycles. The Labute approximate surface area is 126 Å². The number of fused-ring (bicyclic) bond motifs is 2. The average Bonchev–Trinajstić information content (AvgIpc) is 3.13. The minimum absolute atomic E-state index is 0.625. The van der Waals surface area contributed by atoms with E-state index in [4.69, 9.17) is 0 Å². The quantitative estimate of drug-likeness (QED) is 0.535. The van der Waals surface area contributed by atoms with E-state index in [1.165, 1.54) is 0 Å². The Morgan fingerprint density at radius 3 is 1.55 bits per heavy atom. The van der Waals surface area contributed by atoms with Crippen LogP contribution in [0.15, 0.2) is 60.9 Å². The second-order valence-corrected chi connectivity index (χ2v) is 5.02. The first kappa shape index (κ1) is 12.3. The van der Waals surface area contributed by atoms with Gasteiger partial charge in [-0.1, -0.05) is 12.1 Å². The van der Waals surface area contributed by atoms with Crippen molar-refractivity contribution >= 4 is 11.0 Å². The van der Waals surface area contributed by atoms with Crippen LogP contribution in [0.1, 0.15) is 11.1 Å². The highest BCUT2D eigenvalue weighted by Crippen LogP contribution is 2.29. The predicted molar refractivity (Wildman–Crippen MR) is 83.2 cm³/mol.